The van der Waals surface area contributed by atoms with Crippen molar-refractivity contribution in [3.05, 3.63) is 52.0 Å². The number of carboxylic acids is 1. The third-order valence-corrected chi connectivity index (χ3v) is 10.4. The number of Topliss-reactive ketones (excluding diaryl/α,β-unsaturated/α-hetero) is 1. The van der Waals surface area contributed by atoms with Gasteiger partial charge in [0.05, 0.1) is 12.0 Å². The van der Waals surface area contributed by atoms with Crippen LogP contribution in [0.15, 0.2) is 35.7 Å². The van der Waals surface area contributed by atoms with E-state index in [0.29, 0.717) is 17.8 Å². The number of aliphatic carboxylic acids is 1. The molecule has 0 fully saturated rings. The zero-order valence-corrected chi connectivity index (χ0v) is 31.3. The molecule has 0 aliphatic rings. The van der Waals surface area contributed by atoms with E-state index in [1.807, 2.05) is 65.1 Å². The van der Waals surface area contributed by atoms with Crippen LogP contribution in [0, 0.1) is 29.6 Å². The lowest BCUT2D eigenvalue weighted by Gasteiger charge is -2.37. The smallest absolute Gasteiger partial charge is 0.306 e. The Bertz CT molecular complexity index is 1320. The summed E-state index contributed by atoms with van der Waals surface area (Å²) in [5.41, 5.74) is 1.24. The lowest BCUT2D eigenvalue weighted by Crippen LogP contribution is -2.47. The number of carboxylic acid groups (broad SMARTS) is 1. The molecule has 0 saturated carbocycles. The van der Waals surface area contributed by atoms with E-state index in [1.165, 1.54) is 11.3 Å². The second kappa shape index (κ2) is 19.7. The number of amides is 2. The first kappa shape index (κ1) is 41.0. The highest BCUT2D eigenvalue weighted by Gasteiger charge is 2.36. The lowest BCUT2D eigenvalue weighted by atomic mass is 9.82. The predicted molar refractivity (Wildman–Crippen MR) is 191 cm³/mol. The Morgan fingerprint density at radius 2 is 1.65 bits per heavy atom. The number of nitrogens with zero attached hydrogens (tertiary/aromatic N) is 2. The van der Waals surface area contributed by atoms with Crippen molar-refractivity contribution >= 4 is 34.9 Å². The van der Waals surface area contributed by atoms with Crippen LogP contribution in [-0.2, 0) is 25.5 Å². The SMILES string of the molecule is CCC(C)[C@H](CC(=O)[C@@H](NC)C(C)C)C(=O)N(C)[C@H](CC(OC)c1nc(C(=O)N[C@@H](Cc2ccccc2)C[C@H](C)C(=O)O)cs1)C(C)C. The van der Waals surface area contributed by atoms with Crippen molar-refractivity contribution in [3.63, 3.8) is 0 Å². The number of benzene rings is 1. The second-order valence-electron chi connectivity index (χ2n) is 13.8. The monoisotopic (exact) mass is 686 g/mol. The molecule has 7 atom stereocenters. The van der Waals surface area contributed by atoms with Gasteiger partial charge < -0.3 is 25.4 Å². The van der Waals surface area contributed by atoms with Crippen molar-refractivity contribution in [2.75, 3.05) is 21.2 Å². The molecule has 268 valence electrons. The van der Waals surface area contributed by atoms with Crippen molar-refractivity contribution < 1.29 is 29.0 Å². The zero-order chi connectivity index (χ0) is 36.1. The summed E-state index contributed by atoms with van der Waals surface area (Å²) in [5, 5.41) is 17.9. The van der Waals surface area contributed by atoms with Gasteiger partial charge in [-0.15, -0.1) is 11.3 Å². The molecule has 1 aromatic carbocycles. The number of rotatable bonds is 21. The largest absolute Gasteiger partial charge is 0.481 e. The number of hydrogen-bond donors (Lipinski definition) is 3. The number of carbonyl (C=O) groups excluding carboxylic acids is 3. The Kier molecular flexibility index (Phi) is 16.9. The number of ether oxygens (including phenoxy) is 1. The average molecular weight is 687 g/mol. The van der Waals surface area contributed by atoms with Gasteiger partial charge in [-0.2, -0.15) is 0 Å². The second-order valence-corrected chi connectivity index (χ2v) is 14.7. The van der Waals surface area contributed by atoms with Gasteiger partial charge >= 0.3 is 5.97 Å². The van der Waals surface area contributed by atoms with Crippen LogP contribution >= 0.6 is 11.3 Å². The highest BCUT2D eigenvalue weighted by molar-refractivity contribution is 7.09. The third-order valence-electron chi connectivity index (χ3n) is 9.50. The fourth-order valence-electron chi connectivity index (χ4n) is 6.26. The number of hydrogen-bond acceptors (Lipinski definition) is 8. The zero-order valence-electron chi connectivity index (χ0n) is 30.5. The molecule has 2 aromatic rings. The highest BCUT2D eigenvalue weighted by atomic mass is 32.1. The normalized spacial score (nSPS) is 16.1. The molecule has 10 nitrogen and oxygen atoms in total. The van der Waals surface area contributed by atoms with Crippen molar-refractivity contribution in [2.45, 2.75) is 105 Å². The van der Waals surface area contributed by atoms with E-state index < -0.39 is 30.0 Å². The molecule has 0 radical (unpaired) electrons. The van der Waals surface area contributed by atoms with Gasteiger partial charge in [0.1, 0.15) is 16.8 Å². The van der Waals surface area contributed by atoms with E-state index in [9.17, 15) is 24.3 Å². The summed E-state index contributed by atoms with van der Waals surface area (Å²) < 4.78 is 5.90. The third kappa shape index (κ3) is 11.8. The molecule has 0 saturated heterocycles. The number of thiazole rings is 1. The van der Waals surface area contributed by atoms with Crippen LogP contribution in [0.5, 0.6) is 0 Å². The van der Waals surface area contributed by atoms with Crippen molar-refractivity contribution in [1.29, 1.82) is 0 Å². The van der Waals surface area contributed by atoms with E-state index in [0.717, 1.165) is 12.0 Å². The fraction of sp³-hybridized carbons (Fsp3) is 0.649. The topological polar surface area (TPSA) is 138 Å². The predicted octanol–water partition coefficient (Wildman–Crippen LogP) is 6.02. The molecule has 11 heteroatoms. The number of carbonyl (C=O) groups is 4. The van der Waals surface area contributed by atoms with Gasteiger partial charge in [-0.25, -0.2) is 4.98 Å². The molecule has 0 bridgehead atoms. The molecule has 2 amide bonds. The average Bonchev–Trinajstić information content (AvgIpc) is 3.54. The molecule has 1 aromatic heterocycles. The van der Waals surface area contributed by atoms with E-state index >= 15 is 0 Å². The van der Waals surface area contributed by atoms with Gasteiger partial charge in [-0.3, -0.25) is 19.2 Å². The summed E-state index contributed by atoms with van der Waals surface area (Å²) in [7, 11) is 5.19. The van der Waals surface area contributed by atoms with Crippen LogP contribution in [0.2, 0.25) is 0 Å². The molecule has 2 unspecified atom stereocenters. The number of methoxy groups -OCH3 is 1. The molecule has 1 heterocycles. The van der Waals surface area contributed by atoms with E-state index in [-0.39, 0.29) is 66.0 Å². The molecular weight excluding hydrogens is 628 g/mol. The summed E-state index contributed by atoms with van der Waals surface area (Å²) in [4.78, 5) is 58.7. The minimum atomic E-state index is -0.913. The number of nitrogens with one attached hydrogen (secondary N) is 2. The van der Waals surface area contributed by atoms with Crippen LogP contribution in [-0.4, -0.2) is 77.9 Å². The minimum Gasteiger partial charge on any atom is -0.481 e. The first-order valence-corrected chi connectivity index (χ1v) is 18.0. The first-order chi connectivity index (χ1) is 22.6. The first-order valence-electron chi connectivity index (χ1n) is 17.2. The standard InChI is InChI=1S/C37H58N4O6S/c1-11-24(6)28(19-31(42)33(38-8)23(4)5)36(44)41(9)30(22(2)3)20-32(47-10)35-40-29(21-48-35)34(43)39-27(17-25(7)37(45)46)18-26-15-13-12-14-16-26/h12-16,21-25,27-28,30,32-33,38H,11,17-20H2,1-10H3,(H,39,43)(H,45,46)/t24?,25-,27+,28-,30+,32?,33-/m0/s1. The van der Waals surface area contributed by atoms with E-state index in [2.05, 4.69) is 29.5 Å². The highest BCUT2D eigenvalue weighted by Crippen LogP contribution is 2.32. The van der Waals surface area contributed by atoms with Gasteiger partial charge in [0.2, 0.25) is 5.91 Å². The van der Waals surface area contributed by atoms with E-state index in [1.54, 1.807) is 31.4 Å². The molecule has 3 N–H and O–H groups in total. The van der Waals surface area contributed by atoms with Crippen LogP contribution in [0.1, 0.15) is 101 Å². The number of aromatic nitrogens is 1. The molecule has 0 aliphatic heterocycles. The van der Waals surface area contributed by atoms with Gasteiger partial charge in [0.15, 0.2) is 5.78 Å². The van der Waals surface area contributed by atoms with Crippen molar-refractivity contribution in [1.82, 2.24) is 20.5 Å². The quantitative estimate of drug-likeness (QED) is 0.145. The molecule has 0 spiro atoms. The Morgan fingerprint density at radius 1 is 1.00 bits per heavy atom. The molecule has 2 rings (SSSR count). The Hall–Kier alpha value is -3.15. The maximum atomic E-state index is 14.1. The Morgan fingerprint density at radius 3 is 2.17 bits per heavy atom. The van der Waals surface area contributed by atoms with Gasteiger partial charge in [0.25, 0.3) is 5.91 Å². The van der Waals surface area contributed by atoms with Gasteiger partial charge in [-0.05, 0) is 43.2 Å². The molecular formula is C37H58N4O6S. The molecule has 48 heavy (non-hydrogen) atoms. The van der Waals surface area contributed by atoms with Crippen LogP contribution in [0.3, 0.4) is 0 Å². The summed E-state index contributed by atoms with van der Waals surface area (Å²) in [6.45, 7) is 13.8. The number of likely N-dealkylation sites (N-methyl/N-ethyl adjacent to an activating group) is 1. The maximum absolute atomic E-state index is 14.1. The summed E-state index contributed by atoms with van der Waals surface area (Å²) in [5.74, 6) is -2.12. The van der Waals surface area contributed by atoms with Crippen LogP contribution < -0.4 is 10.6 Å². The number of ketones is 1. The van der Waals surface area contributed by atoms with Crippen LogP contribution in [0.25, 0.3) is 0 Å². The van der Waals surface area contributed by atoms with Gasteiger partial charge in [-0.1, -0.05) is 85.2 Å². The van der Waals surface area contributed by atoms with E-state index in [4.69, 9.17) is 4.74 Å². The maximum Gasteiger partial charge on any atom is 0.306 e. The lowest BCUT2D eigenvalue weighted by molar-refractivity contribution is -0.142. The fourth-order valence-corrected chi connectivity index (χ4v) is 7.15. The molecule has 0 aliphatic carbocycles. The van der Waals surface area contributed by atoms with Crippen molar-refractivity contribution in [3.8, 4) is 0 Å². The Balaban J connectivity index is 2.24. The van der Waals surface area contributed by atoms with Gasteiger partial charge in [0, 0.05) is 50.4 Å². The Labute approximate surface area is 291 Å². The summed E-state index contributed by atoms with van der Waals surface area (Å²) in [6.07, 6.45) is 1.73. The minimum absolute atomic E-state index is 0.0313. The summed E-state index contributed by atoms with van der Waals surface area (Å²) >= 11 is 1.32. The van der Waals surface area contributed by atoms with Crippen LogP contribution in [0.4, 0.5) is 0 Å². The van der Waals surface area contributed by atoms with Crippen molar-refractivity contribution in [2.24, 2.45) is 29.6 Å². The summed E-state index contributed by atoms with van der Waals surface area (Å²) in [6, 6.07) is 8.74.